The second-order valence-corrected chi connectivity index (χ2v) is 10.2. The molecule has 0 aliphatic heterocycles. The van der Waals surface area contributed by atoms with Gasteiger partial charge in [-0.3, -0.25) is 4.79 Å². The van der Waals surface area contributed by atoms with Gasteiger partial charge in [0.25, 0.3) is 0 Å². The zero-order valence-corrected chi connectivity index (χ0v) is 19.7. The van der Waals surface area contributed by atoms with Crippen LogP contribution in [0.1, 0.15) is 84.8 Å². The molecular weight excluding hydrogens is 372 g/mol. The molecule has 2 rings (SSSR count). The lowest BCUT2D eigenvalue weighted by molar-refractivity contribution is -0.168. The van der Waals surface area contributed by atoms with Crippen molar-refractivity contribution in [2.45, 2.75) is 84.7 Å². The molecule has 0 amide bonds. The summed E-state index contributed by atoms with van der Waals surface area (Å²) in [5.74, 6) is 0.424. The average molecular weight is 411 g/mol. The number of esters is 1. The van der Waals surface area contributed by atoms with E-state index < -0.39 is 11.0 Å². The number of hydrogen-bond donors (Lipinski definition) is 1. The first-order valence-electron chi connectivity index (χ1n) is 11.0. The zero-order valence-electron chi connectivity index (χ0n) is 19.7. The lowest BCUT2D eigenvalue weighted by Gasteiger charge is -2.41. The summed E-state index contributed by atoms with van der Waals surface area (Å²) >= 11 is 0. The molecule has 3 unspecified atom stereocenters. The normalized spacial score (nSPS) is 16.9. The van der Waals surface area contributed by atoms with Crippen molar-refractivity contribution in [3.63, 3.8) is 0 Å². The summed E-state index contributed by atoms with van der Waals surface area (Å²) in [6.07, 6.45) is 2.32. The summed E-state index contributed by atoms with van der Waals surface area (Å²) in [5, 5.41) is 9.64. The molecule has 164 valence electrons. The van der Waals surface area contributed by atoms with Gasteiger partial charge in [-0.15, -0.1) is 0 Å². The minimum Gasteiger partial charge on any atom is -0.508 e. The third kappa shape index (κ3) is 6.10. The predicted molar refractivity (Wildman–Crippen MR) is 124 cm³/mol. The minimum atomic E-state index is -0.577. The van der Waals surface area contributed by atoms with Crippen molar-refractivity contribution < 1.29 is 14.6 Å². The number of benzene rings is 2. The summed E-state index contributed by atoms with van der Waals surface area (Å²) in [6.45, 7) is 14.3. The van der Waals surface area contributed by atoms with E-state index in [4.69, 9.17) is 4.74 Å². The fourth-order valence-electron chi connectivity index (χ4n) is 4.33. The molecule has 0 saturated heterocycles. The largest absolute Gasteiger partial charge is 0.508 e. The second kappa shape index (κ2) is 9.24. The van der Waals surface area contributed by atoms with Gasteiger partial charge >= 0.3 is 5.97 Å². The first-order chi connectivity index (χ1) is 13.9. The van der Waals surface area contributed by atoms with Crippen molar-refractivity contribution in [3.8, 4) is 5.75 Å². The highest BCUT2D eigenvalue weighted by atomic mass is 16.6. The van der Waals surface area contributed by atoms with Crippen LogP contribution in [0.5, 0.6) is 5.75 Å². The summed E-state index contributed by atoms with van der Waals surface area (Å²) < 4.78 is 5.81. The molecule has 3 heteroatoms. The van der Waals surface area contributed by atoms with Crippen molar-refractivity contribution in [1.29, 1.82) is 0 Å². The van der Waals surface area contributed by atoms with Crippen LogP contribution in [0.15, 0.2) is 54.6 Å². The van der Waals surface area contributed by atoms with Crippen molar-refractivity contribution >= 4 is 5.97 Å². The monoisotopic (exact) mass is 410 g/mol. The van der Waals surface area contributed by atoms with Crippen LogP contribution in [0.25, 0.3) is 0 Å². The van der Waals surface area contributed by atoms with E-state index in [1.807, 2.05) is 45.9 Å². The van der Waals surface area contributed by atoms with Crippen molar-refractivity contribution in [3.05, 3.63) is 65.7 Å². The van der Waals surface area contributed by atoms with Crippen LogP contribution in [0, 0.1) is 5.41 Å². The number of phenols is 1. The third-order valence-electron chi connectivity index (χ3n) is 6.14. The van der Waals surface area contributed by atoms with Crippen molar-refractivity contribution in [1.82, 2.24) is 0 Å². The Balaban J connectivity index is 2.38. The van der Waals surface area contributed by atoms with Crippen LogP contribution >= 0.6 is 0 Å². The minimum absolute atomic E-state index is 0.128. The Bertz CT molecular complexity index is 819. The van der Waals surface area contributed by atoms with Gasteiger partial charge in [-0.05, 0) is 81.5 Å². The molecule has 0 bridgehead atoms. The molecule has 0 fully saturated rings. The number of aromatic hydroxyl groups is 1. The number of hydrogen-bond acceptors (Lipinski definition) is 3. The molecule has 0 aliphatic carbocycles. The van der Waals surface area contributed by atoms with E-state index in [1.165, 1.54) is 11.1 Å². The molecule has 0 aromatic heterocycles. The van der Waals surface area contributed by atoms with E-state index in [0.717, 1.165) is 12.8 Å². The van der Waals surface area contributed by atoms with Crippen LogP contribution in [0.3, 0.4) is 0 Å². The summed E-state index contributed by atoms with van der Waals surface area (Å²) in [4.78, 5) is 13.2. The molecule has 2 aromatic carbocycles. The standard InChI is InChI=1S/C27H38O3/c1-8-26(6,24(29)30-25(3,4)5)19-27(7,22-12-10-9-11-13-22)18-20(2)21-14-16-23(28)17-15-21/h9-17,20,28H,8,18-19H2,1-7H3. The Hall–Kier alpha value is -2.29. The number of carbonyl (C=O) groups is 1. The topological polar surface area (TPSA) is 46.5 Å². The van der Waals surface area contributed by atoms with Gasteiger partial charge in [0.15, 0.2) is 0 Å². The predicted octanol–water partition coefficient (Wildman–Crippen LogP) is 6.99. The van der Waals surface area contributed by atoms with Crippen molar-refractivity contribution in [2.24, 2.45) is 5.41 Å². The number of phenolic OH excluding ortho intramolecular Hbond substituents is 1. The lowest BCUT2D eigenvalue weighted by Crippen LogP contribution is -2.41. The number of ether oxygens (including phenoxy) is 1. The molecule has 1 N–H and O–H groups in total. The molecule has 0 heterocycles. The van der Waals surface area contributed by atoms with Crippen molar-refractivity contribution in [2.75, 3.05) is 0 Å². The Morgan fingerprint density at radius 3 is 2.03 bits per heavy atom. The highest BCUT2D eigenvalue weighted by Gasteiger charge is 2.43. The van der Waals surface area contributed by atoms with Gasteiger partial charge in [-0.2, -0.15) is 0 Å². The van der Waals surface area contributed by atoms with Gasteiger partial charge in [-0.25, -0.2) is 0 Å². The van der Waals surface area contributed by atoms with Crippen LogP contribution < -0.4 is 0 Å². The van der Waals surface area contributed by atoms with E-state index in [9.17, 15) is 9.90 Å². The SMILES string of the molecule is CCC(C)(CC(C)(CC(C)c1ccc(O)cc1)c1ccccc1)C(=O)OC(C)(C)C. The van der Waals surface area contributed by atoms with E-state index in [-0.39, 0.29) is 23.1 Å². The maximum atomic E-state index is 13.2. The van der Waals surface area contributed by atoms with Gasteiger partial charge in [0.05, 0.1) is 5.41 Å². The molecule has 0 aliphatic rings. The maximum absolute atomic E-state index is 13.2. The molecular formula is C27H38O3. The van der Waals surface area contributed by atoms with Gasteiger partial charge in [0.2, 0.25) is 0 Å². The Labute approximate surface area is 182 Å². The third-order valence-corrected chi connectivity index (χ3v) is 6.14. The first kappa shape index (κ1) is 24.0. The smallest absolute Gasteiger partial charge is 0.312 e. The summed E-state index contributed by atoms with van der Waals surface area (Å²) in [6, 6.07) is 17.9. The highest BCUT2D eigenvalue weighted by molar-refractivity contribution is 5.77. The van der Waals surface area contributed by atoms with Crippen LogP contribution in [0.2, 0.25) is 0 Å². The highest BCUT2D eigenvalue weighted by Crippen LogP contribution is 2.45. The van der Waals surface area contributed by atoms with Crippen LogP contribution in [0.4, 0.5) is 0 Å². The van der Waals surface area contributed by atoms with E-state index in [1.54, 1.807) is 12.1 Å². The Morgan fingerprint density at radius 1 is 0.967 bits per heavy atom. The molecule has 0 radical (unpaired) electrons. The molecule has 0 saturated carbocycles. The fourth-order valence-corrected chi connectivity index (χ4v) is 4.33. The summed E-state index contributed by atoms with van der Waals surface area (Å²) in [7, 11) is 0. The molecule has 2 aromatic rings. The van der Waals surface area contributed by atoms with E-state index in [0.29, 0.717) is 6.42 Å². The summed E-state index contributed by atoms with van der Waals surface area (Å²) in [5.41, 5.74) is 1.13. The maximum Gasteiger partial charge on any atom is 0.312 e. The van der Waals surface area contributed by atoms with Crippen LogP contribution in [-0.2, 0) is 14.9 Å². The first-order valence-corrected chi connectivity index (χ1v) is 11.0. The molecule has 3 atom stereocenters. The van der Waals surface area contributed by atoms with E-state index >= 15 is 0 Å². The van der Waals surface area contributed by atoms with Gasteiger partial charge < -0.3 is 9.84 Å². The van der Waals surface area contributed by atoms with E-state index in [2.05, 4.69) is 45.0 Å². The molecule has 0 spiro atoms. The number of rotatable bonds is 8. The van der Waals surface area contributed by atoms with Gasteiger partial charge in [0.1, 0.15) is 11.4 Å². The lowest BCUT2D eigenvalue weighted by atomic mass is 9.64. The van der Waals surface area contributed by atoms with Gasteiger partial charge in [0, 0.05) is 0 Å². The second-order valence-electron chi connectivity index (χ2n) is 10.2. The Morgan fingerprint density at radius 2 is 1.53 bits per heavy atom. The quantitative estimate of drug-likeness (QED) is 0.477. The average Bonchev–Trinajstić information content (AvgIpc) is 2.67. The zero-order chi connectivity index (χ0) is 22.6. The van der Waals surface area contributed by atoms with Crippen LogP contribution in [-0.4, -0.2) is 16.7 Å². The Kier molecular flexibility index (Phi) is 7.39. The number of carbonyl (C=O) groups excluding carboxylic acids is 1. The fraction of sp³-hybridized carbons (Fsp3) is 0.519. The molecule has 30 heavy (non-hydrogen) atoms. The molecule has 3 nitrogen and oxygen atoms in total. The van der Waals surface area contributed by atoms with Gasteiger partial charge in [-0.1, -0.05) is 63.2 Å².